The zero-order valence-electron chi connectivity index (χ0n) is 9.83. The quantitative estimate of drug-likeness (QED) is 0.805. The molecule has 0 aliphatic carbocycles. The van der Waals surface area contributed by atoms with Gasteiger partial charge in [-0.25, -0.2) is 4.79 Å². The first-order valence-electron chi connectivity index (χ1n) is 5.53. The summed E-state index contributed by atoms with van der Waals surface area (Å²) in [6.45, 7) is 2.35. The monoisotopic (exact) mass is 237 g/mol. The second-order valence-corrected chi connectivity index (χ2v) is 4.45. The SMILES string of the molecule is CC1CCN(C(=O)c2cnn(C)c2)C1C(=O)O. The Morgan fingerprint density at radius 2 is 2.24 bits per heavy atom. The number of nitrogens with zero attached hydrogens (tertiary/aromatic N) is 3. The van der Waals surface area contributed by atoms with Crippen LogP contribution in [0.5, 0.6) is 0 Å². The smallest absolute Gasteiger partial charge is 0.326 e. The number of likely N-dealkylation sites (tertiary alicyclic amines) is 1. The summed E-state index contributed by atoms with van der Waals surface area (Å²) < 4.78 is 1.53. The highest BCUT2D eigenvalue weighted by molar-refractivity contribution is 5.96. The molecule has 92 valence electrons. The summed E-state index contributed by atoms with van der Waals surface area (Å²) in [7, 11) is 1.72. The van der Waals surface area contributed by atoms with Crippen LogP contribution >= 0.6 is 0 Å². The van der Waals surface area contributed by atoms with Gasteiger partial charge in [0.1, 0.15) is 6.04 Å². The van der Waals surface area contributed by atoms with Crippen LogP contribution in [0.15, 0.2) is 12.4 Å². The topological polar surface area (TPSA) is 75.4 Å². The van der Waals surface area contributed by atoms with Gasteiger partial charge in [-0.15, -0.1) is 0 Å². The molecule has 0 saturated carbocycles. The van der Waals surface area contributed by atoms with Crippen molar-refractivity contribution in [3.8, 4) is 0 Å². The van der Waals surface area contributed by atoms with Crippen LogP contribution in [0.3, 0.4) is 0 Å². The molecule has 1 amide bonds. The second kappa shape index (κ2) is 4.20. The summed E-state index contributed by atoms with van der Waals surface area (Å²) in [6, 6.07) is -0.720. The van der Waals surface area contributed by atoms with Gasteiger partial charge in [0, 0.05) is 19.8 Å². The number of carbonyl (C=O) groups is 2. The van der Waals surface area contributed by atoms with Crippen LogP contribution in [0.4, 0.5) is 0 Å². The second-order valence-electron chi connectivity index (χ2n) is 4.45. The van der Waals surface area contributed by atoms with Gasteiger partial charge < -0.3 is 10.0 Å². The lowest BCUT2D eigenvalue weighted by molar-refractivity contribution is -0.142. The van der Waals surface area contributed by atoms with Crippen molar-refractivity contribution in [3.05, 3.63) is 18.0 Å². The van der Waals surface area contributed by atoms with Crippen LogP contribution in [0, 0.1) is 5.92 Å². The lowest BCUT2D eigenvalue weighted by Crippen LogP contribution is -2.42. The van der Waals surface area contributed by atoms with Crippen molar-refractivity contribution in [2.75, 3.05) is 6.54 Å². The third-order valence-electron chi connectivity index (χ3n) is 3.17. The van der Waals surface area contributed by atoms with Crippen molar-refractivity contribution in [1.29, 1.82) is 0 Å². The number of aromatic nitrogens is 2. The lowest BCUT2D eigenvalue weighted by atomic mass is 10.0. The molecule has 17 heavy (non-hydrogen) atoms. The van der Waals surface area contributed by atoms with Gasteiger partial charge in [-0.1, -0.05) is 6.92 Å². The van der Waals surface area contributed by atoms with Crippen LogP contribution in [0.2, 0.25) is 0 Å². The molecule has 1 aromatic heterocycles. The normalized spacial score (nSPS) is 24.0. The van der Waals surface area contributed by atoms with E-state index >= 15 is 0 Å². The van der Waals surface area contributed by atoms with E-state index in [9.17, 15) is 9.59 Å². The molecule has 2 atom stereocenters. The Labute approximate surface area is 98.8 Å². The average Bonchev–Trinajstić information content (AvgIpc) is 2.83. The third-order valence-corrected chi connectivity index (χ3v) is 3.17. The number of aryl methyl sites for hydroxylation is 1. The highest BCUT2D eigenvalue weighted by atomic mass is 16.4. The van der Waals surface area contributed by atoms with Crippen molar-refractivity contribution in [3.63, 3.8) is 0 Å². The van der Waals surface area contributed by atoms with Gasteiger partial charge in [0.15, 0.2) is 0 Å². The van der Waals surface area contributed by atoms with Gasteiger partial charge in [0.25, 0.3) is 5.91 Å². The summed E-state index contributed by atoms with van der Waals surface area (Å²) in [6.07, 6.45) is 3.79. The van der Waals surface area contributed by atoms with Crippen LogP contribution in [0.25, 0.3) is 0 Å². The zero-order chi connectivity index (χ0) is 12.6. The molecular weight excluding hydrogens is 222 g/mol. The molecule has 0 bridgehead atoms. The minimum atomic E-state index is -0.938. The number of rotatable bonds is 2. The first-order valence-corrected chi connectivity index (χ1v) is 5.53. The summed E-state index contributed by atoms with van der Waals surface area (Å²) in [5, 5.41) is 13.1. The maximum absolute atomic E-state index is 12.1. The van der Waals surface area contributed by atoms with Gasteiger partial charge in [0.2, 0.25) is 0 Å². The fourth-order valence-electron chi connectivity index (χ4n) is 2.25. The van der Waals surface area contributed by atoms with E-state index in [4.69, 9.17) is 5.11 Å². The first kappa shape index (κ1) is 11.6. The maximum Gasteiger partial charge on any atom is 0.326 e. The maximum atomic E-state index is 12.1. The van der Waals surface area contributed by atoms with Crippen molar-refractivity contribution < 1.29 is 14.7 Å². The van der Waals surface area contributed by atoms with Crippen molar-refractivity contribution >= 4 is 11.9 Å². The van der Waals surface area contributed by atoms with Crippen LogP contribution < -0.4 is 0 Å². The minimum absolute atomic E-state index is 0.00637. The Bertz CT molecular complexity index is 455. The van der Waals surface area contributed by atoms with E-state index < -0.39 is 12.0 Å². The Morgan fingerprint density at radius 1 is 1.53 bits per heavy atom. The Balaban J connectivity index is 2.22. The Kier molecular flexibility index (Phi) is 2.87. The minimum Gasteiger partial charge on any atom is -0.480 e. The summed E-state index contributed by atoms with van der Waals surface area (Å²) in [4.78, 5) is 24.7. The molecule has 1 aliphatic heterocycles. The van der Waals surface area contributed by atoms with Crippen molar-refractivity contribution in [2.45, 2.75) is 19.4 Å². The van der Waals surface area contributed by atoms with Gasteiger partial charge >= 0.3 is 5.97 Å². The predicted molar refractivity (Wildman–Crippen MR) is 59.4 cm³/mol. The van der Waals surface area contributed by atoms with E-state index in [0.29, 0.717) is 12.1 Å². The molecular formula is C11H15N3O3. The molecule has 1 fully saturated rings. The molecule has 2 unspecified atom stereocenters. The van der Waals surface area contributed by atoms with E-state index in [-0.39, 0.29) is 11.8 Å². The molecule has 1 aliphatic rings. The van der Waals surface area contributed by atoms with Crippen LogP contribution in [-0.2, 0) is 11.8 Å². The number of hydrogen-bond donors (Lipinski definition) is 1. The van der Waals surface area contributed by atoms with Crippen molar-refractivity contribution in [1.82, 2.24) is 14.7 Å². The number of aliphatic carboxylic acids is 1. The molecule has 0 aromatic carbocycles. The Hall–Kier alpha value is -1.85. The molecule has 2 heterocycles. The molecule has 6 nitrogen and oxygen atoms in total. The molecule has 1 aromatic rings. The number of amides is 1. The van der Waals surface area contributed by atoms with Crippen LogP contribution in [-0.4, -0.2) is 44.3 Å². The van der Waals surface area contributed by atoms with E-state index in [0.717, 1.165) is 6.42 Å². The lowest BCUT2D eigenvalue weighted by Gasteiger charge is -2.22. The van der Waals surface area contributed by atoms with E-state index in [1.54, 1.807) is 13.2 Å². The van der Waals surface area contributed by atoms with E-state index in [2.05, 4.69) is 5.10 Å². The molecule has 0 radical (unpaired) electrons. The van der Waals surface area contributed by atoms with E-state index in [1.807, 2.05) is 6.92 Å². The molecule has 0 spiro atoms. The number of hydrogen-bond acceptors (Lipinski definition) is 3. The van der Waals surface area contributed by atoms with E-state index in [1.165, 1.54) is 15.8 Å². The first-order chi connectivity index (χ1) is 8.00. The van der Waals surface area contributed by atoms with Crippen LogP contribution in [0.1, 0.15) is 23.7 Å². The average molecular weight is 237 g/mol. The zero-order valence-corrected chi connectivity index (χ0v) is 9.83. The summed E-state index contributed by atoms with van der Waals surface area (Å²) in [5.74, 6) is -1.20. The predicted octanol–water partition coefficient (Wildman–Crippen LogP) is 0.355. The van der Waals surface area contributed by atoms with Gasteiger partial charge in [0.05, 0.1) is 11.8 Å². The molecule has 6 heteroatoms. The molecule has 1 saturated heterocycles. The standard InChI is InChI=1S/C11H15N3O3/c1-7-3-4-14(9(7)11(16)17)10(15)8-5-12-13(2)6-8/h5-7,9H,3-4H2,1-2H3,(H,16,17). The number of carboxylic acids is 1. The number of carboxylic acid groups (broad SMARTS) is 1. The molecule has 1 N–H and O–H groups in total. The van der Waals surface area contributed by atoms with Gasteiger partial charge in [-0.2, -0.15) is 5.10 Å². The fourth-order valence-corrected chi connectivity index (χ4v) is 2.25. The third kappa shape index (κ3) is 2.02. The highest BCUT2D eigenvalue weighted by Crippen LogP contribution is 2.25. The number of carbonyl (C=O) groups excluding carboxylic acids is 1. The largest absolute Gasteiger partial charge is 0.480 e. The van der Waals surface area contributed by atoms with Gasteiger partial charge in [-0.05, 0) is 12.3 Å². The summed E-state index contributed by atoms with van der Waals surface area (Å²) in [5.41, 5.74) is 0.438. The Morgan fingerprint density at radius 3 is 2.76 bits per heavy atom. The highest BCUT2D eigenvalue weighted by Gasteiger charge is 2.39. The summed E-state index contributed by atoms with van der Waals surface area (Å²) >= 11 is 0. The fraction of sp³-hybridized carbons (Fsp3) is 0.545. The van der Waals surface area contributed by atoms with Gasteiger partial charge in [-0.3, -0.25) is 9.48 Å². The van der Waals surface area contributed by atoms with Crippen molar-refractivity contribution in [2.24, 2.45) is 13.0 Å². The molecule has 2 rings (SSSR count).